The molecule has 1 heterocycles. The Kier molecular flexibility index (Phi) is 6.40. The number of anilines is 2. The average molecular weight is 434 g/mol. The van der Waals surface area contributed by atoms with Crippen LogP contribution < -0.4 is 16.0 Å². The van der Waals surface area contributed by atoms with Crippen molar-refractivity contribution in [1.29, 1.82) is 0 Å². The number of halogens is 1. The normalized spacial score (nSPS) is 16.8. The van der Waals surface area contributed by atoms with Gasteiger partial charge in [-0.2, -0.15) is 0 Å². The zero-order valence-corrected chi connectivity index (χ0v) is 17.6. The lowest BCUT2D eigenvalue weighted by molar-refractivity contribution is -0.116. The topological polar surface area (TPSA) is 104 Å². The summed E-state index contributed by atoms with van der Waals surface area (Å²) < 4.78 is 38.0. The second-order valence-electron chi connectivity index (χ2n) is 7.41. The molecule has 0 aliphatic carbocycles. The molecular formula is C21H24FN3O4S. The summed E-state index contributed by atoms with van der Waals surface area (Å²) >= 11 is 0. The van der Waals surface area contributed by atoms with Crippen LogP contribution in [0.3, 0.4) is 0 Å². The minimum atomic E-state index is -3.63. The molecule has 0 saturated carbocycles. The highest BCUT2D eigenvalue weighted by Gasteiger charge is 2.30. The van der Waals surface area contributed by atoms with Crippen LogP contribution in [0.2, 0.25) is 0 Å². The predicted octanol–water partition coefficient (Wildman–Crippen LogP) is 2.70. The highest BCUT2D eigenvalue weighted by Crippen LogP contribution is 2.28. The van der Waals surface area contributed by atoms with Gasteiger partial charge in [-0.3, -0.25) is 9.59 Å². The molecule has 9 heteroatoms. The molecular weight excluding hydrogens is 409 g/mol. The van der Waals surface area contributed by atoms with Gasteiger partial charge in [0.05, 0.1) is 22.9 Å². The number of fused-ring (bicyclic) bond motifs is 1. The minimum Gasteiger partial charge on any atom is -0.371 e. The van der Waals surface area contributed by atoms with Crippen molar-refractivity contribution in [2.75, 3.05) is 16.4 Å². The van der Waals surface area contributed by atoms with E-state index in [4.69, 9.17) is 0 Å². The van der Waals surface area contributed by atoms with Crippen LogP contribution >= 0.6 is 0 Å². The van der Waals surface area contributed by atoms with E-state index in [-0.39, 0.29) is 17.7 Å². The Bertz CT molecular complexity index is 1050. The molecule has 0 radical (unpaired) electrons. The maximum atomic E-state index is 13.0. The Balaban J connectivity index is 1.70. The zero-order valence-electron chi connectivity index (χ0n) is 16.7. The van der Waals surface area contributed by atoms with Gasteiger partial charge in [0.25, 0.3) is 5.91 Å². The molecule has 0 aromatic heterocycles. The number of carbonyl (C=O) groups excluding carboxylic acids is 2. The van der Waals surface area contributed by atoms with Crippen LogP contribution in [0.25, 0.3) is 0 Å². The van der Waals surface area contributed by atoms with E-state index in [1.807, 2.05) is 13.8 Å². The van der Waals surface area contributed by atoms with E-state index >= 15 is 0 Å². The molecule has 2 amide bonds. The van der Waals surface area contributed by atoms with Gasteiger partial charge in [0.1, 0.15) is 11.9 Å². The van der Waals surface area contributed by atoms with Gasteiger partial charge in [-0.15, -0.1) is 0 Å². The van der Waals surface area contributed by atoms with Crippen LogP contribution in [0.1, 0.15) is 36.2 Å². The number of rotatable bonds is 7. The molecule has 1 aliphatic rings. The Morgan fingerprint density at radius 2 is 1.87 bits per heavy atom. The van der Waals surface area contributed by atoms with Gasteiger partial charge in [0.15, 0.2) is 9.84 Å². The number of carbonyl (C=O) groups is 2. The summed E-state index contributed by atoms with van der Waals surface area (Å²) in [6, 6.07) is 9.07. The van der Waals surface area contributed by atoms with Crippen LogP contribution in [0, 0.1) is 5.82 Å². The van der Waals surface area contributed by atoms with E-state index in [1.165, 1.54) is 24.3 Å². The van der Waals surface area contributed by atoms with Crippen molar-refractivity contribution in [2.24, 2.45) is 0 Å². The lowest BCUT2D eigenvalue weighted by Gasteiger charge is -2.27. The Hall–Kier alpha value is -2.94. The van der Waals surface area contributed by atoms with Crippen LogP contribution in [0.5, 0.6) is 0 Å². The van der Waals surface area contributed by atoms with E-state index in [0.717, 1.165) is 6.42 Å². The molecule has 7 nitrogen and oxygen atoms in total. The van der Waals surface area contributed by atoms with Crippen molar-refractivity contribution in [3.05, 3.63) is 59.4 Å². The van der Waals surface area contributed by atoms with Gasteiger partial charge in [-0.25, -0.2) is 12.8 Å². The summed E-state index contributed by atoms with van der Waals surface area (Å²) in [7, 11) is -3.63. The number of hydrogen-bond donors (Lipinski definition) is 3. The third-order valence-electron chi connectivity index (χ3n) is 4.90. The van der Waals surface area contributed by atoms with Crippen LogP contribution in [-0.4, -0.2) is 38.1 Å². The maximum absolute atomic E-state index is 13.0. The first-order valence-corrected chi connectivity index (χ1v) is 11.5. The maximum Gasteiger partial charge on any atom is 0.251 e. The Morgan fingerprint density at radius 1 is 1.17 bits per heavy atom. The quantitative estimate of drug-likeness (QED) is 0.623. The van der Waals surface area contributed by atoms with Crippen LogP contribution in [0.15, 0.2) is 42.5 Å². The fourth-order valence-corrected chi connectivity index (χ4v) is 4.62. The number of hydrogen-bond acceptors (Lipinski definition) is 5. The standard InChI is InChI=1S/C21H24FN3O4S/c1-3-13(2)23-20(26)15-6-9-17-18(10-15)25-21(27)19(24-17)12-30(28,29)11-14-4-7-16(22)8-5-14/h4-10,13,19,24H,3,11-12H2,1-2H3,(H,23,26)(H,25,27). The third kappa shape index (κ3) is 5.35. The van der Waals surface area contributed by atoms with Gasteiger partial charge in [0.2, 0.25) is 5.91 Å². The van der Waals surface area contributed by atoms with Crippen LogP contribution in [0.4, 0.5) is 15.8 Å². The largest absolute Gasteiger partial charge is 0.371 e. The van der Waals surface area contributed by atoms with Gasteiger partial charge < -0.3 is 16.0 Å². The molecule has 30 heavy (non-hydrogen) atoms. The monoisotopic (exact) mass is 433 g/mol. The first-order valence-electron chi connectivity index (χ1n) is 9.64. The summed E-state index contributed by atoms with van der Waals surface area (Å²) in [5.41, 5.74) is 1.81. The molecule has 3 rings (SSSR count). The molecule has 2 unspecified atom stereocenters. The highest BCUT2D eigenvalue weighted by molar-refractivity contribution is 7.90. The average Bonchev–Trinajstić information content (AvgIpc) is 2.69. The minimum absolute atomic E-state index is 0.0249. The van der Waals surface area contributed by atoms with E-state index in [2.05, 4.69) is 16.0 Å². The predicted molar refractivity (Wildman–Crippen MR) is 114 cm³/mol. The summed E-state index contributed by atoms with van der Waals surface area (Å²) in [6.45, 7) is 3.86. The van der Waals surface area contributed by atoms with Gasteiger partial charge in [0, 0.05) is 11.6 Å². The smallest absolute Gasteiger partial charge is 0.251 e. The molecule has 2 aromatic carbocycles. The lowest BCUT2D eigenvalue weighted by atomic mass is 10.1. The first-order chi connectivity index (χ1) is 14.2. The van der Waals surface area contributed by atoms with E-state index < -0.39 is 33.4 Å². The Labute approximate surface area is 175 Å². The summed E-state index contributed by atoms with van der Waals surface area (Å²) in [5.74, 6) is -1.89. The van der Waals surface area contributed by atoms with Crippen molar-refractivity contribution in [1.82, 2.24) is 5.32 Å². The summed E-state index contributed by atoms with van der Waals surface area (Å²) in [5, 5.41) is 8.46. The van der Waals surface area contributed by atoms with E-state index in [9.17, 15) is 22.4 Å². The molecule has 0 saturated heterocycles. The van der Waals surface area contributed by atoms with Gasteiger partial charge >= 0.3 is 0 Å². The highest BCUT2D eigenvalue weighted by atomic mass is 32.2. The van der Waals surface area contributed by atoms with Gasteiger partial charge in [-0.05, 0) is 49.2 Å². The fraction of sp³-hybridized carbons (Fsp3) is 0.333. The van der Waals surface area contributed by atoms with E-state index in [0.29, 0.717) is 22.5 Å². The molecule has 2 atom stereocenters. The van der Waals surface area contributed by atoms with Crippen molar-refractivity contribution in [2.45, 2.75) is 38.1 Å². The van der Waals surface area contributed by atoms with Gasteiger partial charge in [-0.1, -0.05) is 19.1 Å². The molecule has 0 spiro atoms. The number of sulfone groups is 1. The molecule has 0 fully saturated rings. The molecule has 2 aromatic rings. The van der Waals surface area contributed by atoms with Crippen molar-refractivity contribution >= 4 is 33.0 Å². The molecule has 3 N–H and O–H groups in total. The molecule has 1 aliphatic heterocycles. The Morgan fingerprint density at radius 3 is 2.53 bits per heavy atom. The molecule has 0 bridgehead atoms. The van der Waals surface area contributed by atoms with Crippen molar-refractivity contribution < 1.29 is 22.4 Å². The SMILES string of the molecule is CCC(C)NC(=O)c1ccc2c(c1)NC(=O)C(CS(=O)(=O)Cc1ccc(F)cc1)N2. The molecule has 160 valence electrons. The summed E-state index contributed by atoms with van der Waals surface area (Å²) in [6.07, 6.45) is 0.795. The number of benzene rings is 2. The summed E-state index contributed by atoms with van der Waals surface area (Å²) in [4.78, 5) is 24.7. The number of amides is 2. The first kappa shape index (κ1) is 21.8. The fourth-order valence-electron chi connectivity index (χ4n) is 3.06. The van der Waals surface area contributed by atoms with Crippen LogP contribution in [-0.2, 0) is 20.4 Å². The third-order valence-corrected chi connectivity index (χ3v) is 6.51. The second kappa shape index (κ2) is 8.83. The second-order valence-corrected chi connectivity index (χ2v) is 9.52. The van der Waals surface area contributed by atoms with E-state index in [1.54, 1.807) is 18.2 Å². The lowest BCUT2D eigenvalue weighted by Crippen LogP contribution is -2.43. The number of nitrogens with one attached hydrogen (secondary N) is 3. The van der Waals surface area contributed by atoms with Crippen molar-refractivity contribution in [3.8, 4) is 0 Å². The van der Waals surface area contributed by atoms with Crippen molar-refractivity contribution in [3.63, 3.8) is 0 Å². The zero-order chi connectivity index (χ0) is 21.9.